The van der Waals surface area contributed by atoms with Gasteiger partial charge in [0.25, 0.3) is 5.91 Å². The van der Waals surface area contributed by atoms with Gasteiger partial charge in [-0.05, 0) is 48.5 Å². The third kappa shape index (κ3) is 4.15. The van der Waals surface area contributed by atoms with Crippen LogP contribution < -0.4 is 10.1 Å². The van der Waals surface area contributed by atoms with E-state index in [0.717, 1.165) is 24.3 Å². The maximum atomic E-state index is 15.1. The fourth-order valence-electron chi connectivity index (χ4n) is 3.19. The number of aromatic nitrogens is 1. The van der Waals surface area contributed by atoms with Crippen molar-refractivity contribution >= 4 is 28.3 Å². The minimum Gasteiger partial charge on any atom is -0.495 e. The molecule has 1 N–H and O–H groups in total. The normalized spacial score (nSPS) is 10.8. The molecule has 8 heteroatoms. The molecule has 0 atom stereocenters. The van der Waals surface area contributed by atoms with Crippen molar-refractivity contribution in [2.24, 2.45) is 0 Å². The number of ether oxygens (including phenoxy) is 1. The van der Waals surface area contributed by atoms with Gasteiger partial charge in [0.05, 0.1) is 30.1 Å². The number of anilines is 1. The summed E-state index contributed by atoms with van der Waals surface area (Å²) >= 11 is 0. The highest BCUT2D eigenvalue weighted by Crippen LogP contribution is 2.26. The Morgan fingerprint density at radius 1 is 0.906 bits per heavy atom. The minimum atomic E-state index is -1.11. The first-order chi connectivity index (χ1) is 15.4. The first-order valence-electron chi connectivity index (χ1n) is 9.40. The molecule has 0 spiro atoms. The van der Waals surface area contributed by atoms with Crippen LogP contribution in [0.25, 0.3) is 10.9 Å². The van der Waals surface area contributed by atoms with Crippen LogP contribution in [0.2, 0.25) is 0 Å². The van der Waals surface area contributed by atoms with Crippen LogP contribution in [0.15, 0.2) is 66.9 Å². The highest BCUT2D eigenvalue weighted by molar-refractivity contribution is 6.12. The van der Waals surface area contributed by atoms with E-state index in [1.54, 1.807) is 12.1 Å². The number of benzene rings is 3. The molecular formula is C24H15F3N2O3. The lowest BCUT2D eigenvalue weighted by Crippen LogP contribution is -2.15. The number of pyridine rings is 1. The lowest BCUT2D eigenvalue weighted by molar-refractivity contribution is 0.101. The average Bonchev–Trinajstić information content (AvgIpc) is 2.79. The summed E-state index contributed by atoms with van der Waals surface area (Å²) in [5.41, 5.74) is -0.497. The molecule has 0 radical (unpaired) electrons. The summed E-state index contributed by atoms with van der Waals surface area (Å²) in [7, 11) is 1.47. The van der Waals surface area contributed by atoms with Crippen LogP contribution in [0.5, 0.6) is 5.75 Å². The molecule has 0 saturated heterocycles. The van der Waals surface area contributed by atoms with Crippen LogP contribution in [0.4, 0.5) is 18.9 Å². The highest BCUT2D eigenvalue weighted by Gasteiger charge is 2.21. The fraction of sp³-hybridized carbons (Fsp3) is 0.0417. The van der Waals surface area contributed by atoms with Gasteiger partial charge >= 0.3 is 0 Å². The van der Waals surface area contributed by atoms with Gasteiger partial charge in [-0.15, -0.1) is 0 Å². The largest absolute Gasteiger partial charge is 0.495 e. The van der Waals surface area contributed by atoms with Crippen LogP contribution in [0.3, 0.4) is 0 Å². The van der Waals surface area contributed by atoms with E-state index in [1.807, 2.05) is 0 Å². The van der Waals surface area contributed by atoms with E-state index >= 15 is 4.39 Å². The van der Waals surface area contributed by atoms with Crippen LogP contribution >= 0.6 is 0 Å². The van der Waals surface area contributed by atoms with Gasteiger partial charge in [0.2, 0.25) is 0 Å². The van der Waals surface area contributed by atoms with Crippen molar-refractivity contribution in [3.63, 3.8) is 0 Å². The smallest absolute Gasteiger partial charge is 0.255 e. The molecular weight excluding hydrogens is 421 g/mol. The van der Waals surface area contributed by atoms with Crippen LogP contribution in [-0.2, 0) is 0 Å². The lowest BCUT2D eigenvalue weighted by Gasteiger charge is -2.11. The molecule has 0 unspecified atom stereocenters. The zero-order chi connectivity index (χ0) is 22.8. The Bertz CT molecular complexity index is 1370. The zero-order valence-electron chi connectivity index (χ0n) is 16.7. The molecule has 0 aliphatic rings. The number of amides is 1. The van der Waals surface area contributed by atoms with Crippen molar-refractivity contribution in [2.45, 2.75) is 0 Å². The number of methoxy groups -OCH3 is 1. The van der Waals surface area contributed by atoms with Crippen molar-refractivity contribution in [3.05, 3.63) is 101 Å². The van der Waals surface area contributed by atoms with Crippen molar-refractivity contribution in [1.82, 2.24) is 4.98 Å². The van der Waals surface area contributed by atoms with Gasteiger partial charge in [-0.3, -0.25) is 14.6 Å². The second kappa shape index (κ2) is 8.50. The van der Waals surface area contributed by atoms with Gasteiger partial charge in [-0.2, -0.15) is 0 Å². The predicted octanol–water partition coefficient (Wildman–Crippen LogP) is 5.14. The minimum absolute atomic E-state index is 0.0856. The molecule has 0 aliphatic heterocycles. The summed E-state index contributed by atoms with van der Waals surface area (Å²) in [5.74, 6) is -3.85. The van der Waals surface area contributed by atoms with E-state index in [9.17, 15) is 18.4 Å². The lowest BCUT2D eigenvalue weighted by atomic mass is 10.00. The molecule has 3 aromatic carbocycles. The summed E-state index contributed by atoms with van der Waals surface area (Å²) in [6.07, 6.45) is 1.52. The quantitative estimate of drug-likeness (QED) is 0.440. The van der Waals surface area contributed by atoms with Crippen LogP contribution in [0.1, 0.15) is 26.3 Å². The summed E-state index contributed by atoms with van der Waals surface area (Å²) in [4.78, 5) is 29.5. The Morgan fingerprint density at radius 2 is 1.72 bits per heavy atom. The van der Waals surface area contributed by atoms with E-state index in [4.69, 9.17) is 4.74 Å². The van der Waals surface area contributed by atoms with Gasteiger partial charge < -0.3 is 10.1 Å². The van der Waals surface area contributed by atoms with Gasteiger partial charge in [-0.1, -0.05) is 6.07 Å². The SMILES string of the molecule is COc1cnc2ccc(C(=O)c3cc(F)cc(NC(=O)c4cccc(F)c4)c3F)cc2c1. The topological polar surface area (TPSA) is 68.3 Å². The Morgan fingerprint density at radius 3 is 2.47 bits per heavy atom. The molecule has 0 fully saturated rings. The molecule has 1 aromatic heterocycles. The number of fused-ring (bicyclic) bond motifs is 1. The van der Waals surface area contributed by atoms with Crippen molar-refractivity contribution in [2.75, 3.05) is 12.4 Å². The number of rotatable bonds is 5. The number of nitrogens with zero attached hydrogens (tertiary/aromatic N) is 1. The standard InChI is InChI=1S/C24H15F3N2O3/c1-32-18-9-15-7-13(5-6-20(15)28-12-18)23(30)19-10-17(26)11-21(22(19)27)29-24(31)14-3-2-4-16(25)8-14/h2-12H,1H3,(H,29,31). The van der Waals surface area contributed by atoms with Crippen molar-refractivity contribution < 1.29 is 27.5 Å². The van der Waals surface area contributed by atoms with E-state index in [1.165, 1.54) is 37.6 Å². The van der Waals surface area contributed by atoms with E-state index < -0.39 is 40.4 Å². The average molecular weight is 436 g/mol. The number of carbonyl (C=O) groups excluding carboxylic acids is 2. The molecule has 0 saturated carbocycles. The molecule has 32 heavy (non-hydrogen) atoms. The Labute approximate surface area is 180 Å². The first-order valence-corrected chi connectivity index (χ1v) is 9.40. The third-order valence-electron chi connectivity index (χ3n) is 4.77. The molecule has 4 rings (SSSR count). The monoisotopic (exact) mass is 436 g/mol. The number of hydrogen-bond acceptors (Lipinski definition) is 4. The molecule has 5 nitrogen and oxygen atoms in total. The second-order valence-electron chi connectivity index (χ2n) is 6.89. The molecule has 1 heterocycles. The van der Waals surface area contributed by atoms with Crippen molar-refractivity contribution in [1.29, 1.82) is 0 Å². The van der Waals surface area contributed by atoms with Crippen LogP contribution in [0, 0.1) is 17.5 Å². The number of ketones is 1. The number of hydrogen-bond donors (Lipinski definition) is 1. The maximum absolute atomic E-state index is 15.1. The van der Waals surface area contributed by atoms with E-state index in [0.29, 0.717) is 16.7 Å². The predicted molar refractivity (Wildman–Crippen MR) is 112 cm³/mol. The summed E-state index contributed by atoms with van der Waals surface area (Å²) in [6, 6.07) is 12.4. The number of halogens is 3. The molecule has 0 bridgehead atoms. The molecule has 0 aliphatic carbocycles. The van der Waals surface area contributed by atoms with Crippen LogP contribution in [-0.4, -0.2) is 23.8 Å². The zero-order valence-corrected chi connectivity index (χ0v) is 16.7. The maximum Gasteiger partial charge on any atom is 0.255 e. The highest BCUT2D eigenvalue weighted by atomic mass is 19.1. The van der Waals surface area contributed by atoms with Crippen molar-refractivity contribution in [3.8, 4) is 5.75 Å². The van der Waals surface area contributed by atoms with Gasteiger partial charge in [0.1, 0.15) is 17.4 Å². The van der Waals surface area contributed by atoms with Gasteiger partial charge in [0.15, 0.2) is 11.6 Å². The third-order valence-corrected chi connectivity index (χ3v) is 4.77. The van der Waals surface area contributed by atoms with Gasteiger partial charge in [-0.25, -0.2) is 13.2 Å². The second-order valence-corrected chi connectivity index (χ2v) is 6.89. The first kappa shape index (κ1) is 21.0. The summed E-state index contributed by atoms with van der Waals surface area (Å²) in [6.45, 7) is 0. The Balaban J connectivity index is 1.69. The Hall–Kier alpha value is -4.20. The van der Waals surface area contributed by atoms with E-state index in [2.05, 4.69) is 10.3 Å². The molecule has 4 aromatic rings. The Kier molecular flexibility index (Phi) is 5.59. The summed E-state index contributed by atoms with van der Waals surface area (Å²) < 4.78 is 47.7. The summed E-state index contributed by atoms with van der Waals surface area (Å²) in [5, 5.41) is 2.76. The fourth-order valence-corrected chi connectivity index (χ4v) is 3.19. The molecule has 160 valence electrons. The molecule has 1 amide bonds. The van der Waals surface area contributed by atoms with E-state index in [-0.39, 0.29) is 11.1 Å². The number of nitrogens with one attached hydrogen (secondary N) is 1. The van der Waals surface area contributed by atoms with Gasteiger partial charge in [0, 0.05) is 22.6 Å². The number of carbonyl (C=O) groups is 2.